The second-order valence-electron chi connectivity index (χ2n) is 6.72. The number of nitrogens with zero attached hydrogens (tertiary/aromatic N) is 4. The molecule has 0 aliphatic carbocycles. The van der Waals surface area contributed by atoms with Crippen LogP contribution in [-0.4, -0.2) is 45.6 Å². The van der Waals surface area contributed by atoms with Crippen LogP contribution in [0.2, 0.25) is 0 Å². The van der Waals surface area contributed by atoms with Crippen LogP contribution < -0.4 is 4.90 Å². The molecule has 1 unspecified atom stereocenters. The first-order valence-corrected chi connectivity index (χ1v) is 8.91. The number of hydrogen-bond donors (Lipinski definition) is 0. The van der Waals surface area contributed by atoms with Crippen LogP contribution in [0.3, 0.4) is 0 Å². The lowest BCUT2D eigenvalue weighted by molar-refractivity contribution is -0.117. The maximum absolute atomic E-state index is 13.0. The molecular weight excluding hydrogens is 316 g/mol. The Morgan fingerprint density at radius 3 is 2.88 bits per heavy atom. The zero-order valence-electron chi connectivity index (χ0n) is 14.2. The maximum atomic E-state index is 13.0. The van der Waals surface area contributed by atoms with E-state index in [2.05, 4.69) is 5.10 Å². The van der Waals surface area contributed by atoms with Gasteiger partial charge in [-0.15, -0.1) is 0 Å². The SMILES string of the molecule is O=C1CCCN1c1cccc(C(=O)N2CCCC2Cn2cccn2)c1. The molecule has 2 aromatic rings. The second-order valence-corrected chi connectivity index (χ2v) is 6.72. The van der Waals surface area contributed by atoms with Gasteiger partial charge in [0, 0.05) is 43.2 Å². The standard InChI is InChI=1S/C19H22N4O2/c24-18-8-3-11-22(18)16-6-1-5-15(13-16)19(25)23-12-2-7-17(23)14-21-10-4-9-20-21/h1,4-6,9-10,13,17H,2-3,7-8,11-12,14H2. The lowest BCUT2D eigenvalue weighted by Gasteiger charge is -2.25. The third-order valence-corrected chi connectivity index (χ3v) is 5.07. The van der Waals surface area contributed by atoms with E-state index < -0.39 is 0 Å². The summed E-state index contributed by atoms with van der Waals surface area (Å²) < 4.78 is 1.88. The fourth-order valence-corrected chi connectivity index (χ4v) is 3.81. The second kappa shape index (κ2) is 6.70. The van der Waals surface area contributed by atoms with E-state index in [0.29, 0.717) is 12.0 Å². The van der Waals surface area contributed by atoms with Crippen molar-refractivity contribution < 1.29 is 9.59 Å². The summed E-state index contributed by atoms with van der Waals surface area (Å²) in [5.41, 5.74) is 1.49. The summed E-state index contributed by atoms with van der Waals surface area (Å²) in [4.78, 5) is 28.7. The minimum Gasteiger partial charge on any atom is -0.334 e. The molecule has 0 bridgehead atoms. The van der Waals surface area contributed by atoms with Gasteiger partial charge in [0.2, 0.25) is 5.91 Å². The molecule has 2 aliphatic rings. The van der Waals surface area contributed by atoms with E-state index in [1.54, 1.807) is 11.1 Å². The number of anilines is 1. The molecule has 6 nitrogen and oxygen atoms in total. The van der Waals surface area contributed by atoms with E-state index in [9.17, 15) is 9.59 Å². The first-order valence-electron chi connectivity index (χ1n) is 8.91. The zero-order valence-corrected chi connectivity index (χ0v) is 14.2. The molecule has 0 radical (unpaired) electrons. The van der Waals surface area contributed by atoms with Crippen LogP contribution >= 0.6 is 0 Å². The molecule has 1 aromatic carbocycles. The predicted molar refractivity (Wildman–Crippen MR) is 94.3 cm³/mol. The quantitative estimate of drug-likeness (QED) is 0.859. The molecule has 0 N–H and O–H groups in total. The number of carbonyl (C=O) groups is 2. The summed E-state index contributed by atoms with van der Waals surface area (Å²) in [5.74, 6) is 0.186. The summed E-state index contributed by atoms with van der Waals surface area (Å²) in [7, 11) is 0. The van der Waals surface area contributed by atoms with Crippen molar-refractivity contribution in [1.82, 2.24) is 14.7 Å². The highest BCUT2D eigenvalue weighted by Gasteiger charge is 2.30. The van der Waals surface area contributed by atoms with Gasteiger partial charge in [-0.05, 0) is 43.5 Å². The Morgan fingerprint density at radius 2 is 2.12 bits per heavy atom. The molecule has 2 fully saturated rings. The first kappa shape index (κ1) is 15.9. The van der Waals surface area contributed by atoms with Crippen LogP contribution in [0.15, 0.2) is 42.7 Å². The van der Waals surface area contributed by atoms with Crippen molar-refractivity contribution in [3.63, 3.8) is 0 Å². The number of amides is 2. The minimum atomic E-state index is 0.0446. The molecular formula is C19H22N4O2. The van der Waals surface area contributed by atoms with Gasteiger partial charge in [-0.1, -0.05) is 6.07 Å². The van der Waals surface area contributed by atoms with Gasteiger partial charge in [0.05, 0.1) is 12.6 Å². The van der Waals surface area contributed by atoms with Crippen LogP contribution in [0.1, 0.15) is 36.0 Å². The van der Waals surface area contributed by atoms with Crippen molar-refractivity contribution in [2.75, 3.05) is 18.0 Å². The average Bonchev–Trinajstić information content (AvgIpc) is 3.37. The fraction of sp³-hybridized carbons (Fsp3) is 0.421. The van der Waals surface area contributed by atoms with Gasteiger partial charge in [-0.3, -0.25) is 14.3 Å². The highest BCUT2D eigenvalue weighted by atomic mass is 16.2. The molecule has 0 saturated carbocycles. The Morgan fingerprint density at radius 1 is 1.20 bits per heavy atom. The number of rotatable bonds is 4. The predicted octanol–water partition coefficient (Wildman–Crippen LogP) is 2.31. The van der Waals surface area contributed by atoms with Gasteiger partial charge in [-0.25, -0.2) is 0 Å². The van der Waals surface area contributed by atoms with Crippen molar-refractivity contribution >= 4 is 17.5 Å². The lowest BCUT2D eigenvalue weighted by Crippen LogP contribution is -2.38. The number of likely N-dealkylation sites (tertiary alicyclic amines) is 1. The molecule has 2 amide bonds. The smallest absolute Gasteiger partial charge is 0.254 e. The molecule has 4 rings (SSSR count). The van der Waals surface area contributed by atoms with Crippen LogP contribution in [-0.2, 0) is 11.3 Å². The minimum absolute atomic E-state index is 0.0446. The highest BCUT2D eigenvalue weighted by molar-refractivity contribution is 5.99. The molecule has 2 saturated heterocycles. The molecule has 130 valence electrons. The van der Waals surface area contributed by atoms with E-state index in [1.807, 2.05) is 46.1 Å². The largest absolute Gasteiger partial charge is 0.334 e. The molecule has 25 heavy (non-hydrogen) atoms. The number of carbonyl (C=O) groups excluding carboxylic acids is 2. The monoisotopic (exact) mass is 338 g/mol. The highest BCUT2D eigenvalue weighted by Crippen LogP contribution is 2.25. The first-order chi connectivity index (χ1) is 12.2. The summed E-state index contributed by atoms with van der Waals surface area (Å²) >= 11 is 0. The Hall–Kier alpha value is -2.63. The summed E-state index contributed by atoms with van der Waals surface area (Å²) in [6.07, 6.45) is 7.18. The van der Waals surface area contributed by atoms with Gasteiger partial charge in [0.25, 0.3) is 5.91 Å². The van der Waals surface area contributed by atoms with Crippen LogP contribution in [0.4, 0.5) is 5.69 Å². The summed E-state index contributed by atoms with van der Waals surface area (Å²) in [6.45, 7) is 2.24. The Bertz CT molecular complexity index is 771. The number of aromatic nitrogens is 2. The molecule has 2 aliphatic heterocycles. The number of benzene rings is 1. The van der Waals surface area contributed by atoms with Crippen molar-refractivity contribution in [1.29, 1.82) is 0 Å². The van der Waals surface area contributed by atoms with E-state index in [-0.39, 0.29) is 17.9 Å². The Balaban J connectivity index is 1.52. The van der Waals surface area contributed by atoms with Gasteiger partial charge < -0.3 is 9.80 Å². The van der Waals surface area contributed by atoms with Crippen molar-refractivity contribution in [3.8, 4) is 0 Å². The fourth-order valence-electron chi connectivity index (χ4n) is 3.81. The summed E-state index contributed by atoms with van der Waals surface area (Å²) in [6, 6.07) is 9.55. The Labute approximate surface area is 147 Å². The number of hydrogen-bond acceptors (Lipinski definition) is 3. The van der Waals surface area contributed by atoms with Gasteiger partial charge in [0.1, 0.15) is 0 Å². The zero-order chi connectivity index (χ0) is 17.2. The molecule has 3 heterocycles. The molecule has 6 heteroatoms. The molecule has 1 atom stereocenters. The van der Waals surface area contributed by atoms with Crippen LogP contribution in [0.25, 0.3) is 0 Å². The maximum Gasteiger partial charge on any atom is 0.254 e. The van der Waals surface area contributed by atoms with E-state index >= 15 is 0 Å². The van der Waals surface area contributed by atoms with Crippen LogP contribution in [0.5, 0.6) is 0 Å². The topological polar surface area (TPSA) is 58.4 Å². The average molecular weight is 338 g/mol. The Kier molecular flexibility index (Phi) is 4.26. The van der Waals surface area contributed by atoms with E-state index in [4.69, 9.17) is 0 Å². The van der Waals surface area contributed by atoms with Gasteiger partial charge in [-0.2, -0.15) is 5.10 Å². The summed E-state index contributed by atoms with van der Waals surface area (Å²) in [5, 5.41) is 4.26. The van der Waals surface area contributed by atoms with Crippen molar-refractivity contribution in [2.45, 2.75) is 38.3 Å². The van der Waals surface area contributed by atoms with Crippen LogP contribution in [0, 0.1) is 0 Å². The van der Waals surface area contributed by atoms with E-state index in [1.165, 1.54) is 0 Å². The van der Waals surface area contributed by atoms with Gasteiger partial charge >= 0.3 is 0 Å². The van der Waals surface area contributed by atoms with Crippen molar-refractivity contribution in [2.24, 2.45) is 0 Å². The molecule has 1 aromatic heterocycles. The third-order valence-electron chi connectivity index (χ3n) is 5.07. The molecule has 0 spiro atoms. The van der Waals surface area contributed by atoms with Gasteiger partial charge in [0.15, 0.2) is 0 Å². The lowest BCUT2D eigenvalue weighted by atomic mass is 10.1. The normalized spacial score (nSPS) is 20.5. The van der Waals surface area contributed by atoms with E-state index in [0.717, 1.165) is 44.6 Å². The van der Waals surface area contributed by atoms with Crippen molar-refractivity contribution in [3.05, 3.63) is 48.3 Å². The third kappa shape index (κ3) is 3.16.